The van der Waals surface area contributed by atoms with Crippen molar-refractivity contribution >= 4 is 17.8 Å². The highest BCUT2D eigenvalue weighted by Gasteiger charge is 2.13. The van der Waals surface area contributed by atoms with Crippen LogP contribution < -0.4 is 10.1 Å². The van der Waals surface area contributed by atoms with Crippen molar-refractivity contribution in [3.63, 3.8) is 0 Å². The van der Waals surface area contributed by atoms with Crippen LogP contribution in [0.25, 0.3) is 0 Å². The van der Waals surface area contributed by atoms with Gasteiger partial charge in [0.25, 0.3) is 12.2 Å². The van der Waals surface area contributed by atoms with Crippen molar-refractivity contribution in [2.45, 2.75) is 0 Å². The third kappa shape index (κ3) is 1.98. The zero-order valence-corrected chi connectivity index (χ0v) is 7.39. The summed E-state index contributed by atoms with van der Waals surface area (Å²) in [7, 11) is 1.57. The number of hydrogen-bond acceptors (Lipinski definition) is 5. The van der Waals surface area contributed by atoms with Gasteiger partial charge in [0.05, 0.1) is 11.0 Å². The Labute approximate surface area is 79.6 Å². The van der Waals surface area contributed by atoms with Gasteiger partial charge in [-0.05, 0) is 12.1 Å². The Morgan fingerprint density at radius 1 is 1.57 bits per heavy atom. The Morgan fingerprint density at radius 2 is 2.29 bits per heavy atom. The molecule has 0 bridgehead atoms. The maximum atomic E-state index is 10.6. The SMILES string of the molecule is CNc1ccc(OC=O)cc1[N+](=O)[O-]. The topological polar surface area (TPSA) is 81.5 Å². The highest BCUT2D eigenvalue weighted by molar-refractivity contribution is 5.64. The molecule has 0 spiro atoms. The predicted molar refractivity (Wildman–Crippen MR) is 49.3 cm³/mol. The lowest BCUT2D eigenvalue weighted by atomic mass is 10.2. The molecular formula is C8H8N2O4. The van der Waals surface area contributed by atoms with E-state index < -0.39 is 4.92 Å². The van der Waals surface area contributed by atoms with E-state index in [1.165, 1.54) is 18.2 Å². The van der Waals surface area contributed by atoms with Crippen LogP contribution in [0.3, 0.4) is 0 Å². The lowest BCUT2D eigenvalue weighted by Gasteiger charge is -2.03. The van der Waals surface area contributed by atoms with Gasteiger partial charge in [-0.2, -0.15) is 0 Å². The molecule has 0 aliphatic rings. The van der Waals surface area contributed by atoms with E-state index in [1.54, 1.807) is 7.05 Å². The number of nitro groups is 1. The average Bonchev–Trinajstić information content (AvgIpc) is 2.18. The molecule has 0 heterocycles. The first-order chi connectivity index (χ1) is 6.69. The number of ether oxygens (including phenoxy) is 1. The van der Waals surface area contributed by atoms with Gasteiger partial charge in [-0.25, -0.2) is 0 Å². The molecule has 1 aromatic rings. The molecule has 1 rings (SSSR count). The standard InChI is InChI=1S/C8H8N2O4/c1-9-7-3-2-6(14-5-11)4-8(7)10(12)13/h2-5,9H,1H3. The van der Waals surface area contributed by atoms with Gasteiger partial charge in [0, 0.05) is 7.05 Å². The van der Waals surface area contributed by atoms with Crippen molar-refractivity contribution in [1.29, 1.82) is 0 Å². The van der Waals surface area contributed by atoms with Crippen molar-refractivity contribution in [1.82, 2.24) is 0 Å². The number of hydrogen-bond donors (Lipinski definition) is 1. The van der Waals surface area contributed by atoms with Gasteiger partial charge < -0.3 is 10.1 Å². The molecule has 0 saturated carbocycles. The largest absolute Gasteiger partial charge is 0.428 e. The Bertz CT molecular complexity index is 364. The second kappa shape index (κ2) is 4.22. The summed E-state index contributed by atoms with van der Waals surface area (Å²) in [5, 5.41) is 13.2. The Kier molecular flexibility index (Phi) is 3.01. The van der Waals surface area contributed by atoms with Crippen LogP contribution in [0.1, 0.15) is 0 Å². The quantitative estimate of drug-likeness (QED) is 0.444. The molecule has 0 radical (unpaired) electrons. The normalized spacial score (nSPS) is 9.21. The molecule has 0 saturated heterocycles. The van der Waals surface area contributed by atoms with Gasteiger partial charge in [-0.15, -0.1) is 0 Å². The van der Waals surface area contributed by atoms with Crippen molar-refractivity contribution in [2.75, 3.05) is 12.4 Å². The van der Waals surface area contributed by atoms with Crippen LogP contribution in [0.5, 0.6) is 5.75 Å². The van der Waals surface area contributed by atoms with E-state index in [0.717, 1.165) is 0 Å². The predicted octanol–water partition coefficient (Wildman–Crippen LogP) is 1.17. The maximum absolute atomic E-state index is 10.6. The third-order valence-corrected chi connectivity index (χ3v) is 1.62. The third-order valence-electron chi connectivity index (χ3n) is 1.62. The summed E-state index contributed by atoms with van der Waals surface area (Å²) in [6, 6.07) is 4.12. The van der Waals surface area contributed by atoms with Crippen LogP contribution in [0, 0.1) is 10.1 Å². The molecule has 1 N–H and O–H groups in total. The summed E-state index contributed by atoms with van der Waals surface area (Å²) in [5.41, 5.74) is 0.236. The van der Waals surface area contributed by atoms with Gasteiger partial charge >= 0.3 is 0 Å². The number of carbonyl (C=O) groups excluding carboxylic acids is 1. The van der Waals surface area contributed by atoms with Crippen molar-refractivity contribution in [3.05, 3.63) is 28.3 Å². The summed E-state index contributed by atoms with van der Waals surface area (Å²) in [5.74, 6) is 0.144. The second-order valence-electron chi connectivity index (χ2n) is 2.40. The molecule has 14 heavy (non-hydrogen) atoms. The fourth-order valence-corrected chi connectivity index (χ4v) is 1.00. The van der Waals surface area contributed by atoms with Crippen LogP contribution in [0.15, 0.2) is 18.2 Å². The van der Waals surface area contributed by atoms with Crippen LogP contribution in [-0.2, 0) is 4.79 Å². The van der Waals surface area contributed by atoms with Crippen molar-refractivity contribution < 1.29 is 14.5 Å². The smallest absolute Gasteiger partial charge is 0.298 e. The molecule has 0 aliphatic heterocycles. The second-order valence-corrected chi connectivity index (χ2v) is 2.40. The Morgan fingerprint density at radius 3 is 2.79 bits per heavy atom. The maximum Gasteiger partial charge on any atom is 0.298 e. The Balaban J connectivity index is 3.13. The first kappa shape index (κ1) is 9.97. The van der Waals surface area contributed by atoms with Crippen LogP contribution in [0.2, 0.25) is 0 Å². The fraction of sp³-hybridized carbons (Fsp3) is 0.125. The summed E-state index contributed by atoms with van der Waals surface area (Å²) in [4.78, 5) is 20.0. The molecule has 0 aliphatic carbocycles. The van der Waals surface area contributed by atoms with E-state index in [-0.39, 0.29) is 17.9 Å². The minimum Gasteiger partial charge on any atom is -0.428 e. The monoisotopic (exact) mass is 196 g/mol. The van der Waals surface area contributed by atoms with E-state index in [0.29, 0.717) is 5.69 Å². The molecule has 0 fully saturated rings. The van der Waals surface area contributed by atoms with Crippen molar-refractivity contribution in [3.8, 4) is 5.75 Å². The minimum atomic E-state index is -0.552. The molecule has 6 heteroatoms. The van der Waals surface area contributed by atoms with E-state index in [1.807, 2.05) is 0 Å². The highest BCUT2D eigenvalue weighted by Crippen LogP contribution is 2.28. The average molecular weight is 196 g/mol. The molecule has 6 nitrogen and oxygen atoms in total. The number of nitro benzene ring substituents is 1. The van der Waals surface area contributed by atoms with Crippen LogP contribution >= 0.6 is 0 Å². The van der Waals surface area contributed by atoms with Gasteiger partial charge in [0.2, 0.25) is 0 Å². The molecule has 0 aromatic heterocycles. The van der Waals surface area contributed by atoms with E-state index in [9.17, 15) is 14.9 Å². The Hall–Kier alpha value is -2.11. The summed E-state index contributed by atoms with van der Waals surface area (Å²) in [6.45, 7) is 0.220. The molecule has 0 atom stereocenters. The number of rotatable bonds is 4. The minimum absolute atomic E-state index is 0.133. The number of benzene rings is 1. The number of carbonyl (C=O) groups is 1. The van der Waals surface area contributed by atoms with E-state index >= 15 is 0 Å². The summed E-state index contributed by atoms with van der Waals surface area (Å²) in [6.07, 6.45) is 0. The van der Waals surface area contributed by atoms with Crippen molar-refractivity contribution in [2.24, 2.45) is 0 Å². The molecule has 1 aromatic carbocycles. The first-order valence-corrected chi connectivity index (χ1v) is 3.75. The van der Waals surface area contributed by atoms with Gasteiger partial charge in [-0.1, -0.05) is 0 Å². The number of nitrogens with zero attached hydrogens (tertiary/aromatic N) is 1. The van der Waals surface area contributed by atoms with E-state index in [2.05, 4.69) is 10.1 Å². The summed E-state index contributed by atoms with van der Waals surface area (Å²) < 4.78 is 4.48. The van der Waals surface area contributed by atoms with E-state index in [4.69, 9.17) is 0 Å². The zero-order chi connectivity index (χ0) is 10.6. The van der Waals surface area contributed by atoms with Gasteiger partial charge in [0.15, 0.2) is 0 Å². The van der Waals surface area contributed by atoms with Crippen LogP contribution in [0.4, 0.5) is 11.4 Å². The van der Waals surface area contributed by atoms with Gasteiger partial charge in [0.1, 0.15) is 11.4 Å². The lowest BCUT2D eigenvalue weighted by molar-refractivity contribution is -0.384. The molecule has 0 unspecified atom stereocenters. The summed E-state index contributed by atoms with van der Waals surface area (Å²) >= 11 is 0. The lowest BCUT2D eigenvalue weighted by Crippen LogP contribution is -1.97. The molecule has 0 amide bonds. The van der Waals surface area contributed by atoms with Crippen LogP contribution in [-0.4, -0.2) is 18.4 Å². The van der Waals surface area contributed by atoms with Gasteiger partial charge in [-0.3, -0.25) is 14.9 Å². The molecular weight excluding hydrogens is 188 g/mol. The first-order valence-electron chi connectivity index (χ1n) is 3.75. The highest BCUT2D eigenvalue weighted by atomic mass is 16.6. The molecule has 74 valence electrons. The number of anilines is 1. The zero-order valence-electron chi connectivity index (χ0n) is 7.39. The fourth-order valence-electron chi connectivity index (χ4n) is 1.00. The number of nitrogens with one attached hydrogen (secondary N) is 1.